The number of amides is 1. The smallest absolute Gasteiger partial charge is 0.256 e. The van der Waals surface area contributed by atoms with E-state index >= 15 is 0 Å². The highest BCUT2D eigenvalue weighted by atomic mass is 16.2. The predicted octanol–water partition coefficient (Wildman–Crippen LogP) is 1.41. The van der Waals surface area contributed by atoms with Gasteiger partial charge in [-0.3, -0.25) is 9.69 Å². The highest BCUT2D eigenvalue weighted by molar-refractivity contribution is 5.99. The monoisotopic (exact) mass is 276 g/mol. The van der Waals surface area contributed by atoms with Gasteiger partial charge >= 0.3 is 0 Å². The Morgan fingerprint density at radius 2 is 2.05 bits per heavy atom. The van der Waals surface area contributed by atoms with Crippen LogP contribution in [0.4, 0.5) is 11.4 Å². The highest BCUT2D eigenvalue weighted by Crippen LogP contribution is 2.22. The molecule has 1 aromatic carbocycles. The summed E-state index contributed by atoms with van der Waals surface area (Å²) in [5.41, 5.74) is 13.2. The quantitative estimate of drug-likeness (QED) is 0.815. The molecule has 0 aliphatic carbocycles. The Kier molecular flexibility index (Phi) is 4.49. The molecule has 1 aliphatic heterocycles. The molecule has 110 valence electrons. The first-order valence-corrected chi connectivity index (χ1v) is 7.25. The number of likely N-dealkylation sites (tertiary alicyclic amines) is 1. The Labute approximate surface area is 120 Å². The summed E-state index contributed by atoms with van der Waals surface area (Å²) in [6, 6.07) is 5.55. The Morgan fingerprint density at radius 3 is 2.65 bits per heavy atom. The maximum Gasteiger partial charge on any atom is 0.256 e. The molecule has 1 aliphatic rings. The van der Waals surface area contributed by atoms with Crippen LogP contribution in [-0.2, 0) is 0 Å². The van der Waals surface area contributed by atoms with Crippen LogP contribution >= 0.6 is 0 Å². The summed E-state index contributed by atoms with van der Waals surface area (Å²) in [7, 11) is 0. The van der Waals surface area contributed by atoms with Crippen molar-refractivity contribution in [2.45, 2.75) is 26.3 Å². The molecule has 5 nitrogen and oxygen atoms in total. The van der Waals surface area contributed by atoms with E-state index in [2.05, 4.69) is 18.7 Å². The fourth-order valence-electron chi connectivity index (χ4n) is 2.91. The maximum atomic E-state index is 12.5. The van der Waals surface area contributed by atoms with Crippen LogP contribution < -0.4 is 11.5 Å². The molecular formula is C15H24N4O. The van der Waals surface area contributed by atoms with Gasteiger partial charge in [0.05, 0.1) is 5.56 Å². The second kappa shape index (κ2) is 6.13. The second-order valence-corrected chi connectivity index (χ2v) is 5.26. The lowest BCUT2D eigenvalue weighted by molar-refractivity contribution is 0.0779. The zero-order chi connectivity index (χ0) is 14.7. The van der Waals surface area contributed by atoms with Gasteiger partial charge in [-0.2, -0.15) is 0 Å². The maximum absolute atomic E-state index is 12.5. The molecular weight excluding hydrogens is 252 g/mol. The molecule has 0 aromatic heterocycles. The number of anilines is 2. The lowest BCUT2D eigenvalue weighted by atomic mass is 10.1. The number of likely N-dealkylation sites (N-methyl/N-ethyl adjacent to an activating group) is 1. The number of carbonyl (C=O) groups is 1. The molecule has 0 saturated carbocycles. The summed E-state index contributed by atoms with van der Waals surface area (Å²) in [6.07, 6.45) is 1.03. The number of hydrogen-bond donors (Lipinski definition) is 2. The van der Waals surface area contributed by atoms with Gasteiger partial charge in [0.15, 0.2) is 0 Å². The lowest BCUT2D eigenvalue weighted by Gasteiger charge is -2.26. The van der Waals surface area contributed by atoms with Gasteiger partial charge in [0, 0.05) is 30.5 Å². The van der Waals surface area contributed by atoms with Gasteiger partial charge in [-0.05, 0) is 37.7 Å². The van der Waals surface area contributed by atoms with Crippen molar-refractivity contribution in [2.24, 2.45) is 0 Å². The van der Waals surface area contributed by atoms with Crippen molar-refractivity contribution in [3.05, 3.63) is 23.8 Å². The zero-order valence-corrected chi connectivity index (χ0v) is 12.3. The molecule has 5 heteroatoms. The van der Waals surface area contributed by atoms with Crippen molar-refractivity contribution < 1.29 is 4.79 Å². The van der Waals surface area contributed by atoms with Crippen LogP contribution in [0.2, 0.25) is 0 Å². The summed E-state index contributed by atoms with van der Waals surface area (Å²) >= 11 is 0. The number of benzene rings is 1. The van der Waals surface area contributed by atoms with Crippen LogP contribution in [0, 0.1) is 0 Å². The minimum atomic E-state index is 0.0113. The molecule has 1 heterocycles. The molecule has 2 rings (SSSR count). The third-order valence-electron chi connectivity index (χ3n) is 4.09. The number of rotatable bonds is 4. The summed E-state index contributed by atoms with van der Waals surface area (Å²) < 4.78 is 0. The third kappa shape index (κ3) is 2.88. The topological polar surface area (TPSA) is 75.6 Å². The van der Waals surface area contributed by atoms with Crippen LogP contribution in [0.3, 0.4) is 0 Å². The Hall–Kier alpha value is -1.75. The van der Waals surface area contributed by atoms with Crippen molar-refractivity contribution in [3.8, 4) is 0 Å². The van der Waals surface area contributed by atoms with E-state index in [-0.39, 0.29) is 5.91 Å². The molecule has 0 radical (unpaired) electrons. The van der Waals surface area contributed by atoms with Gasteiger partial charge in [-0.25, -0.2) is 0 Å². The van der Waals surface area contributed by atoms with Crippen molar-refractivity contribution in [3.63, 3.8) is 0 Å². The Morgan fingerprint density at radius 1 is 1.35 bits per heavy atom. The normalized spacial score (nSPS) is 18.8. The predicted molar refractivity (Wildman–Crippen MR) is 82.5 cm³/mol. The fourth-order valence-corrected chi connectivity index (χ4v) is 2.91. The second-order valence-electron chi connectivity index (χ2n) is 5.26. The standard InChI is InChI=1S/C15H24N4O/c1-3-18(4-2)12-7-8-19(10-12)15(20)13-6-5-11(16)9-14(13)17/h5-6,9,12H,3-4,7-8,10,16-17H2,1-2H3. The summed E-state index contributed by atoms with van der Waals surface area (Å²) in [4.78, 5) is 16.8. The molecule has 20 heavy (non-hydrogen) atoms. The molecule has 1 unspecified atom stereocenters. The summed E-state index contributed by atoms with van der Waals surface area (Å²) in [6.45, 7) is 7.94. The third-order valence-corrected chi connectivity index (χ3v) is 4.09. The van der Waals surface area contributed by atoms with E-state index in [1.165, 1.54) is 0 Å². The van der Waals surface area contributed by atoms with Gasteiger partial charge < -0.3 is 16.4 Å². The van der Waals surface area contributed by atoms with E-state index in [9.17, 15) is 4.79 Å². The first-order valence-electron chi connectivity index (χ1n) is 7.25. The first kappa shape index (κ1) is 14.7. The average Bonchev–Trinajstić information content (AvgIpc) is 2.89. The number of nitrogens with two attached hydrogens (primary N) is 2. The fraction of sp³-hybridized carbons (Fsp3) is 0.533. The van der Waals surface area contributed by atoms with Gasteiger partial charge in [-0.1, -0.05) is 13.8 Å². The van der Waals surface area contributed by atoms with Crippen molar-refractivity contribution in [1.82, 2.24) is 9.80 Å². The number of carbonyl (C=O) groups excluding carboxylic acids is 1. The molecule has 0 spiro atoms. The van der Waals surface area contributed by atoms with E-state index < -0.39 is 0 Å². The Bertz CT molecular complexity index is 485. The minimum Gasteiger partial charge on any atom is -0.399 e. The van der Waals surface area contributed by atoms with Gasteiger partial charge in [0.25, 0.3) is 5.91 Å². The average molecular weight is 276 g/mol. The van der Waals surface area contributed by atoms with Crippen LogP contribution in [-0.4, -0.2) is 47.9 Å². The van der Waals surface area contributed by atoms with Gasteiger partial charge in [0.2, 0.25) is 0 Å². The van der Waals surface area contributed by atoms with Crippen LogP contribution in [0.5, 0.6) is 0 Å². The molecule has 1 fully saturated rings. The van der Waals surface area contributed by atoms with Crippen molar-refractivity contribution >= 4 is 17.3 Å². The molecule has 4 N–H and O–H groups in total. The van der Waals surface area contributed by atoms with Gasteiger partial charge in [-0.15, -0.1) is 0 Å². The SMILES string of the molecule is CCN(CC)C1CCN(C(=O)c2ccc(N)cc2N)C1. The highest BCUT2D eigenvalue weighted by Gasteiger charge is 2.30. The lowest BCUT2D eigenvalue weighted by Crippen LogP contribution is -2.38. The molecule has 1 amide bonds. The number of nitrogens with zero attached hydrogens (tertiary/aromatic N) is 2. The first-order chi connectivity index (χ1) is 9.56. The van der Waals surface area contributed by atoms with Gasteiger partial charge in [0.1, 0.15) is 0 Å². The van der Waals surface area contributed by atoms with Crippen molar-refractivity contribution in [1.29, 1.82) is 0 Å². The largest absolute Gasteiger partial charge is 0.399 e. The zero-order valence-electron chi connectivity index (χ0n) is 12.3. The van der Waals surface area contributed by atoms with Crippen LogP contribution in [0.15, 0.2) is 18.2 Å². The summed E-state index contributed by atoms with van der Waals surface area (Å²) in [5, 5.41) is 0. The minimum absolute atomic E-state index is 0.0113. The van der Waals surface area contributed by atoms with E-state index in [1.54, 1.807) is 18.2 Å². The molecule has 1 atom stereocenters. The van der Waals surface area contributed by atoms with E-state index in [1.807, 2.05) is 4.90 Å². The molecule has 1 saturated heterocycles. The van der Waals surface area contributed by atoms with Crippen LogP contribution in [0.1, 0.15) is 30.6 Å². The molecule has 0 bridgehead atoms. The number of hydrogen-bond acceptors (Lipinski definition) is 4. The molecule has 1 aromatic rings. The number of nitrogen functional groups attached to an aromatic ring is 2. The van der Waals surface area contributed by atoms with Crippen LogP contribution in [0.25, 0.3) is 0 Å². The van der Waals surface area contributed by atoms with E-state index in [0.29, 0.717) is 23.0 Å². The summed E-state index contributed by atoms with van der Waals surface area (Å²) in [5.74, 6) is 0.0113. The van der Waals surface area contributed by atoms with E-state index in [0.717, 1.165) is 32.6 Å². The van der Waals surface area contributed by atoms with Crippen molar-refractivity contribution in [2.75, 3.05) is 37.6 Å². The van der Waals surface area contributed by atoms with E-state index in [4.69, 9.17) is 11.5 Å². The Balaban J connectivity index is 2.08.